The Bertz CT molecular complexity index is 1690. The van der Waals surface area contributed by atoms with Crippen LogP contribution in [0.1, 0.15) is 78.4 Å². The van der Waals surface area contributed by atoms with E-state index in [0.717, 1.165) is 22.5 Å². The van der Waals surface area contributed by atoms with Gasteiger partial charge in [-0.3, -0.25) is 14.9 Å². The number of allylic oxidation sites excluding steroid dienone is 3. The van der Waals surface area contributed by atoms with Gasteiger partial charge in [0.2, 0.25) is 11.8 Å². The Morgan fingerprint density at radius 2 is 1.96 bits per heavy atom. The van der Waals surface area contributed by atoms with Gasteiger partial charge >= 0.3 is 12.1 Å². The Kier molecular flexibility index (Phi) is 15.5. The minimum Gasteiger partial charge on any atom is -0.457 e. The minimum atomic E-state index is -1.81. The zero-order valence-corrected chi connectivity index (χ0v) is 36.6. The van der Waals surface area contributed by atoms with Crippen molar-refractivity contribution in [3.63, 3.8) is 0 Å². The van der Waals surface area contributed by atoms with Crippen molar-refractivity contribution in [2.45, 2.75) is 127 Å². The first-order chi connectivity index (χ1) is 26.2. The summed E-state index contributed by atoms with van der Waals surface area (Å²) in [7, 11) is 7.97. The fraction of sp³-hybridized carbons (Fsp3) is 0.650. The van der Waals surface area contributed by atoms with Gasteiger partial charge in [-0.15, -0.1) is 0 Å². The van der Waals surface area contributed by atoms with Crippen molar-refractivity contribution in [1.29, 1.82) is 0 Å². The molecule has 0 saturated carbocycles. The lowest BCUT2D eigenvalue weighted by molar-refractivity contribution is -0.162. The molecule has 4 bridgehead atoms. The summed E-state index contributed by atoms with van der Waals surface area (Å²) < 4.78 is 23.6. The molecule has 312 valence electrons. The fourth-order valence-electron chi connectivity index (χ4n) is 7.13. The van der Waals surface area contributed by atoms with Crippen molar-refractivity contribution in [1.82, 2.24) is 10.2 Å². The van der Waals surface area contributed by atoms with Crippen molar-refractivity contribution in [2.75, 3.05) is 38.4 Å². The number of carbonyl (C=O) groups is 4. The maximum absolute atomic E-state index is 14.2. The van der Waals surface area contributed by atoms with Crippen LogP contribution in [0, 0.1) is 12.8 Å². The molecule has 8 atom stereocenters. The first-order valence-corrected chi connectivity index (χ1v) is 21.6. The molecule has 13 nitrogen and oxygen atoms in total. The number of likely N-dealkylation sites (N-methyl/N-ethyl adjacent to an activating group) is 1. The first kappa shape index (κ1) is 45.9. The number of nitrogens with one attached hydrogen (secondary N) is 1. The zero-order chi connectivity index (χ0) is 41.7. The summed E-state index contributed by atoms with van der Waals surface area (Å²) in [5.41, 5.74) is 5.79. The van der Waals surface area contributed by atoms with E-state index in [9.17, 15) is 24.3 Å². The van der Waals surface area contributed by atoms with Crippen LogP contribution in [0.15, 0.2) is 35.9 Å². The van der Waals surface area contributed by atoms with Gasteiger partial charge < -0.3 is 39.6 Å². The lowest BCUT2D eigenvalue weighted by Crippen LogP contribution is -2.63. The van der Waals surface area contributed by atoms with Crippen LogP contribution in [0.2, 0.25) is 5.02 Å². The summed E-state index contributed by atoms with van der Waals surface area (Å²) in [5.74, 6) is -1.02. The predicted octanol–water partition coefficient (Wildman–Crippen LogP) is 5.71. The summed E-state index contributed by atoms with van der Waals surface area (Å²) in [6.45, 7) is 13.7. The summed E-state index contributed by atoms with van der Waals surface area (Å²) in [4.78, 5) is 57.1. The van der Waals surface area contributed by atoms with Crippen molar-refractivity contribution in [2.24, 2.45) is 11.7 Å². The molecule has 3 aliphatic heterocycles. The third-order valence-corrected chi connectivity index (χ3v) is 14.8. The highest BCUT2D eigenvalue weighted by atomic mass is 35.5. The number of hydrogen-bond acceptors (Lipinski definition) is 12. The van der Waals surface area contributed by atoms with Crippen molar-refractivity contribution >= 4 is 62.8 Å². The molecule has 56 heavy (non-hydrogen) atoms. The number of amides is 3. The summed E-state index contributed by atoms with van der Waals surface area (Å²) in [6, 6.07) is 2.85. The van der Waals surface area contributed by atoms with Crippen molar-refractivity contribution < 1.29 is 43.2 Å². The number of hydrogen-bond donors (Lipinski definition) is 3. The van der Waals surface area contributed by atoms with E-state index in [-0.39, 0.29) is 35.8 Å². The number of anilines is 1. The van der Waals surface area contributed by atoms with E-state index < -0.39 is 59.8 Å². The number of aryl methyl sites for hydroxylation is 1. The summed E-state index contributed by atoms with van der Waals surface area (Å²) in [5, 5.41) is 14.7. The molecule has 0 radical (unpaired) electrons. The molecule has 3 amide bonds. The number of esters is 1. The molecular weight excluding hydrogens is 780 g/mol. The highest BCUT2D eigenvalue weighted by molar-refractivity contribution is 8.77. The van der Waals surface area contributed by atoms with Gasteiger partial charge in [-0.2, -0.15) is 0 Å². The average Bonchev–Trinajstić information content (AvgIpc) is 3.83. The molecule has 4 rings (SSSR count). The fourth-order valence-corrected chi connectivity index (χ4v) is 9.80. The van der Waals surface area contributed by atoms with Gasteiger partial charge in [0, 0.05) is 57.0 Å². The molecule has 0 unspecified atom stereocenters. The largest absolute Gasteiger partial charge is 0.457 e. The first-order valence-electron chi connectivity index (χ1n) is 18.9. The second-order valence-electron chi connectivity index (χ2n) is 16.0. The lowest BCUT2D eigenvalue weighted by Gasteiger charge is -2.42. The smallest absolute Gasteiger partial charge is 0.409 e. The SMILES string of the molecule is CO[C@@H]1/C=C/C=C(\C)Cc2cc(C)c(Cl)c(c2)N(C)C(=O)C[C@H](OC(=O)[C@H](C)N(C)C(=O)CCC(C)(C)SSCCN)[C@]2(C)O[C@H]2[C@H](C)[C@@H]2C[C@@]1(O)NC(=O)O2. The van der Waals surface area contributed by atoms with Crippen LogP contribution in [0.5, 0.6) is 0 Å². The number of epoxide rings is 1. The van der Waals surface area contributed by atoms with Gasteiger partial charge in [0.05, 0.1) is 23.2 Å². The number of nitrogens with two attached hydrogens (primary N) is 1. The number of nitrogens with zero attached hydrogens (tertiary/aromatic N) is 2. The number of rotatable bonds is 11. The molecule has 1 aromatic carbocycles. The summed E-state index contributed by atoms with van der Waals surface area (Å²) >= 11 is 6.80. The van der Waals surface area contributed by atoms with Crippen LogP contribution < -0.4 is 16.0 Å². The van der Waals surface area contributed by atoms with Crippen LogP contribution in [-0.4, -0.2) is 114 Å². The maximum Gasteiger partial charge on any atom is 0.409 e. The molecule has 3 heterocycles. The Balaban J connectivity index is 1.66. The normalized spacial score (nSPS) is 30.6. The van der Waals surface area contributed by atoms with E-state index in [4.69, 9.17) is 36.3 Å². The molecule has 2 saturated heterocycles. The molecule has 16 heteroatoms. The van der Waals surface area contributed by atoms with Crippen molar-refractivity contribution in [3.05, 3.63) is 52.1 Å². The number of fused-ring (bicyclic) bond motifs is 5. The highest BCUT2D eigenvalue weighted by Crippen LogP contribution is 2.49. The Labute approximate surface area is 344 Å². The van der Waals surface area contributed by atoms with Gasteiger partial charge in [-0.25, -0.2) is 9.59 Å². The maximum atomic E-state index is 14.2. The monoisotopic (exact) mass is 838 g/mol. The van der Waals surface area contributed by atoms with Gasteiger partial charge in [0.1, 0.15) is 30.0 Å². The van der Waals surface area contributed by atoms with Gasteiger partial charge in [0.25, 0.3) is 0 Å². The van der Waals surface area contributed by atoms with Crippen LogP contribution >= 0.6 is 33.2 Å². The average molecular weight is 840 g/mol. The molecule has 1 aromatic rings. The van der Waals surface area contributed by atoms with E-state index in [2.05, 4.69) is 19.2 Å². The molecule has 0 aromatic heterocycles. The summed E-state index contributed by atoms with van der Waals surface area (Å²) in [6.07, 6.45) is 2.02. The molecule has 2 fully saturated rings. The van der Waals surface area contributed by atoms with E-state index in [1.807, 2.05) is 39.0 Å². The van der Waals surface area contributed by atoms with E-state index in [1.165, 1.54) is 16.9 Å². The Morgan fingerprint density at radius 3 is 2.62 bits per heavy atom. The number of ether oxygens (including phenoxy) is 4. The molecule has 3 aliphatic rings. The number of carbonyl (C=O) groups excluding carboxylic acids is 4. The predicted molar refractivity (Wildman–Crippen MR) is 222 cm³/mol. The molecule has 0 spiro atoms. The number of alkyl carbamates (subject to hydrolysis) is 1. The second kappa shape index (κ2) is 18.9. The van der Waals surface area contributed by atoms with Crippen LogP contribution in [0.25, 0.3) is 0 Å². The quantitative estimate of drug-likeness (QED) is 0.107. The number of methoxy groups -OCH3 is 1. The van der Waals surface area contributed by atoms with Gasteiger partial charge in [0.15, 0.2) is 5.72 Å². The van der Waals surface area contributed by atoms with Gasteiger partial charge in [-0.05, 0) is 71.6 Å². The number of benzene rings is 1. The molecule has 4 N–H and O–H groups in total. The third kappa shape index (κ3) is 11.0. The van der Waals surface area contributed by atoms with E-state index in [0.29, 0.717) is 30.1 Å². The number of halogens is 1. The zero-order valence-electron chi connectivity index (χ0n) is 34.2. The third-order valence-electron chi connectivity index (χ3n) is 10.9. The number of aliphatic hydroxyl groups is 1. The van der Waals surface area contributed by atoms with Gasteiger partial charge in [-0.1, -0.05) is 70.0 Å². The lowest BCUT2D eigenvalue weighted by atomic mass is 9.83. The Hall–Kier alpha value is -2.79. The van der Waals surface area contributed by atoms with Crippen LogP contribution in [-0.2, 0) is 39.8 Å². The van der Waals surface area contributed by atoms with E-state index in [1.54, 1.807) is 61.7 Å². The Morgan fingerprint density at radius 1 is 1.27 bits per heavy atom. The van der Waals surface area contributed by atoms with E-state index >= 15 is 0 Å². The molecule has 0 aliphatic carbocycles. The minimum absolute atomic E-state index is 0.0396. The van der Waals surface area contributed by atoms with Crippen molar-refractivity contribution in [3.8, 4) is 0 Å². The topological polar surface area (TPSA) is 173 Å². The molecular formula is C40H59ClN4O9S2. The second-order valence-corrected chi connectivity index (χ2v) is 19.5. The standard InChI is InChI=1S/C40H59ClN4O9S2/c1-23-12-11-13-30(51-10)40(50)22-29(52-37(49)43-40)25(3)35-39(7,54-35)31(21-33(47)45(9)28-20-27(18-23)19-24(2)34(28)41)53-36(48)26(4)44(8)32(46)14-15-38(5,6)56-55-17-16-42/h11-13,19-20,25-26,29-31,35,50H,14-18,21-22,42H2,1-10H3,(H,43,49)/b13-11+,23-12+/t25-,26+,29+,30-,31+,35+,39+,40+/m1/s1. The highest BCUT2D eigenvalue weighted by Gasteiger charge is 2.64. The van der Waals surface area contributed by atoms with Crippen LogP contribution in [0.4, 0.5) is 10.5 Å². The van der Waals surface area contributed by atoms with Crippen LogP contribution in [0.3, 0.4) is 0 Å².